The third-order valence-electron chi connectivity index (χ3n) is 10.7. The van der Waals surface area contributed by atoms with Gasteiger partial charge in [-0.2, -0.15) is 4.31 Å². The summed E-state index contributed by atoms with van der Waals surface area (Å²) in [6.45, 7) is 4.15. The number of carbonyl (C=O) groups is 2. The first-order valence-electron chi connectivity index (χ1n) is 18.3. The zero-order valence-electron chi connectivity index (χ0n) is 29.5. The summed E-state index contributed by atoms with van der Waals surface area (Å²) in [4.78, 5) is 30.2. The molecule has 1 aliphatic carbocycles. The first-order chi connectivity index (χ1) is 23.7. The monoisotopic (exact) mass is 690 g/mol. The molecule has 6 rings (SSSR count). The van der Waals surface area contributed by atoms with Gasteiger partial charge in [-0.1, -0.05) is 74.5 Å². The van der Waals surface area contributed by atoms with Crippen LogP contribution in [0.3, 0.4) is 0 Å². The molecule has 0 unspecified atom stereocenters. The Morgan fingerprint density at radius 2 is 1.51 bits per heavy atom. The number of fused-ring (bicyclic) bond motifs is 13. The van der Waals surface area contributed by atoms with Crippen molar-refractivity contribution in [3.05, 3.63) is 54.1 Å². The van der Waals surface area contributed by atoms with Crippen molar-refractivity contribution in [1.82, 2.24) is 9.21 Å². The third kappa shape index (κ3) is 9.88. The molecular weight excluding hydrogens is 637 g/mol. The number of sulfonamides is 1. The predicted octanol–water partition coefficient (Wildman–Crippen LogP) is 7.20. The van der Waals surface area contributed by atoms with E-state index in [0.717, 1.165) is 74.8 Å². The van der Waals surface area contributed by atoms with Crippen LogP contribution in [0.25, 0.3) is 0 Å². The molecule has 4 aliphatic rings. The highest BCUT2D eigenvalue weighted by molar-refractivity contribution is 7.89. The molecule has 8 nitrogen and oxygen atoms in total. The van der Waals surface area contributed by atoms with Gasteiger partial charge >= 0.3 is 0 Å². The van der Waals surface area contributed by atoms with Gasteiger partial charge in [-0.25, -0.2) is 8.42 Å². The van der Waals surface area contributed by atoms with Crippen LogP contribution < -0.4 is 9.47 Å². The molecule has 1 spiro atoms. The molecule has 0 radical (unpaired) electrons. The molecule has 0 aromatic heterocycles. The number of benzene rings is 2. The highest BCUT2D eigenvalue weighted by atomic mass is 32.2. The van der Waals surface area contributed by atoms with Crippen LogP contribution in [0.5, 0.6) is 11.5 Å². The van der Waals surface area contributed by atoms with Crippen molar-refractivity contribution in [1.29, 1.82) is 0 Å². The second-order valence-corrected chi connectivity index (χ2v) is 16.3. The second kappa shape index (κ2) is 17.5. The molecule has 4 fully saturated rings. The molecule has 9 heteroatoms. The van der Waals surface area contributed by atoms with E-state index in [2.05, 4.69) is 11.8 Å². The van der Waals surface area contributed by atoms with E-state index in [1.807, 2.05) is 48.2 Å². The molecule has 2 aromatic rings. The Hall–Kier alpha value is -3.35. The number of ether oxygens (including phenoxy) is 2. The van der Waals surface area contributed by atoms with Crippen molar-refractivity contribution in [2.45, 2.75) is 102 Å². The number of hydrogen-bond acceptors (Lipinski definition) is 6. The summed E-state index contributed by atoms with van der Waals surface area (Å²) < 4.78 is 40.2. The Morgan fingerprint density at radius 3 is 2.22 bits per heavy atom. The minimum atomic E-state index is -3.73. The van der Waals surface area contributed by atoms with Crippen molar-refractivity contribution < 1.29 is 27.5 Å². The van der Waals surface area contributed by atoms with E-state index < -0.39 is 21.9 Å². The van der Waals surface area contributed by atoms with Gasteiger partial charge in [-0.05, 0) is 80.8 Å². The molecule has 49 heavy (non-hydrogen) atoms. The maximum absolute atomic E-state index is 14.0. The molecule has 0 N–H and O–H groups in total. The van der Waals surface area contributed by atoms with Crippen molar-refractivity contribution in [2.24, 2.45) is 17.3 Å². The molecule has 2 aromatic carbocycles. The summed E-state index contributed by atoms with van der Waals surface area (Å²) in [5.41, 5.74) is 0.816. The van der Waals surface area contributed by atoms with E-state index in [1.54, 1.807) is 23.5 Å². The van der Waals surface area contributed by atoms with Gasteiger partial charge in [-0.3, -0.25) is 9.59 Å². The van der Waals surface area contributed by atoms with Crippen LogP contribution in [0.1, 0.15) is 95.5 Å². The van der Waals surface area contributed by atoms with Crippen molar-refractivity contribution in [2.75, 3.05) is 39.9 Å². The Labute approximate surface area is 294 Å². The quantitative estimate of drug-likeness (QED) is 0.215. The molecule has 3 heterocycles. The maximum Gasteiger partial charge on any atom is 0.243 e. The highest BCUT2D eigenvalue weighted by Gasteiger charge is 2.53. The van der Waals surface area contributed by atoms with Crippen LogP contribution in [0.15, 0.2) is 53.4 Å². The number of aryl methyl sites for hydroxylation is 1. The molecule has 1 saturated carbocycles. The van der Waals surface area contributed by atoms with Crippen LogP contribution in [-0.2, 0) is 19.6 Å². The van der Waals surface area contributed by atoms with E-state index in [-0.39, 0.29) is 28.5 Å². The van der Waals surface area contributed by atoms with Crippen LogP contribution >= 0.6 is 0 Å². The number of methoxy groups -OCH3 is 1. The number of piperidine rings is 1. The van der Waals surface area contributed by atoms with Gasteiger partial charge in [0, 0.05) is 50.9 Å². The van der Waals surface area contributed by atoms with Crippen LogP contribution in [0, 0.1) is 36.0 Å². The standard InChI is InChI=1S/C40H54N2O6S/c1-32-15-21-35(22-16-32)49(45,46)42-26-13-8-6-4-3-5-7-11-24-40-29-37(36(23-27-42)38(43)30-40)39(44)41(31-40)25-12-9-10-14-28-48-34-19-17-33(47-2)18-20-34/h15-22,36-37H,3-9,11-13,23-31H2,1-2H3/t36-,37+,40-/m1/s1. The molecule has 3 atom stereocenters. The maximum atomic E-state index is 14.0. The lowest BCUT2D eigenvalue weighted by atomic mass is 9.59. The van der Waals surface area contributed by atoms with Gasteiger partial charge in [0.05, 0.1) is 12.0 Å². The zero-order valence-corrected chi connectivity index (χ0v) is 30.3. The minimum absolute atomic E-state index is 0.0512. The fourth-order valence-electron chi connectivity index (χ4n) is 7.96. The Bertz CT molecular complexity index is 1560. The van der Waals surface area contributed by atoms with E-state index >= 15 is 0 Å². The summed E-state index contributed by atoms with van der Waals surface area (Å²) in [6, 6.07) is 14.4. The lowest BCUT2D eigenvalue weighted by molar-refractivity contribution is -0.159. The number of nitrogens with zero attached hydrogens (tertiary/aromatic N) is 2. The molecular formula is C40H54N2O6S. The Morgan fingerprint density at radius 1 is 0.837 bits per heavy atom. The normalized spacial score (nSPS) is 24.5. The summed E-state index contributed by atoms with van der Waals surface area (Å²) in [5, 5.41) is 0. The predicted molar refractivity (Wildman–Crippen MR) is 192 cm³/mol. The van der Waals surface area contributed by atoms with Gasteiger partial charge in [-0.15, -0.1) is 0 Å². The molecule has 3 bridgehead atoms. The van der Waals surface area contributed by atoms with E-state index in [1.165, 1.54) is 12.8 Å². The zero-order chi connectivity index (χ0) is 34.7. The number of likely N-dealkylation sites (tertiary alicyclic amines) is 1. The SMILES string of the molecule is COc1ccc(OCC#CCCCN2C[C@@]34CCCCCCCCCCN(S(=O)(=O)c5ccc(C)cc5)CC[C@@H](C(=O)C3)[C@H](C4)C2=O)cc1. The van der Waals surface area contributed by atoms with E-state index in [9.17, 15) is 18.0 Å². The third-order valence-corrected chi connectivity index (χ3v) is 12.6. The van der Waals surface area contributed by atoms with Gasteiger partial charge in [0.2, 0.25) is 15.9 Å². The average Bonchev–Trinajstić information content (AvgIpc) is 3.09. The van der Waals surface area contributed by atoms with Crippen LogP contribution in [0.2, 0.25) is 0 Å². The van der Waals surface area contributed by atoms with E-state index in [4.69, 9.17) is 9.47 Å². The van der Waals surface area contributed by atoms with Crippen LogP contribution in [-0.4, -0.2) is 69.2 Å². The lowest BCUT2D eigenvalue weighted by Crippen LogP contribution is -2.58. The van der Waals surface area contributed by atoms with Gasteiger partial charge in [0.15, 0.2) is 0 Å². The number of ketones is 1. The number of amides is 1. The van der Waals surface area contributed by atoms with E-state index in [0.29, 0.717) is 45.5 Å². The number of unbranched alkanes of at least 4 members (excludes halogenated alkanes) is 1. The van der Waals surface area contributed by atoms with Gasteiger partial charge in [0.25, 0.3) is 0 Å². The van der Waals surface area contributed by atoms with Crippen LogP contribution in [0.4, 0.5) is 0 Å². The first-order valence-corrected chi connectivity index (χ1v) is 19.8. The lowest BCUT2D eigenvalue weighted by Gasteiger charge is -2.51. The first kappa shape index (κ1) is 36.9. The van der Waals surface area contributed by atoms with Gasteiger partial charge in [0.1, 0.15) is 23.9 Å². The summed E-state index contributed by atoms with van der Waals surface area (Å²) >= 11 is 0. The fraction of sp³-hybridized carbons (Fsp3) is 0.600. The second-order valence-electron chi connectivity index (χ2n) is 14.3. The summed E-state index contributed by atoms with van der Waals surface area (Å²) in [7, 11) is -2.10. The minimum Gasteiger partial charge on any atom is -0.497 e. The highest BCUT2D eigenvalue weighted by Crippen LogP contribution is 2.49. The molecule has 1 amide bonds. The molecule has 3 saturated heterocycles. The molecule has 266 valence electrons. The molecule has 3 aliphatic heterocycles. The number of carbonyl (C=O) groups excluding carboxylic acids is 2. The topological polar surface area (TPSA) is 93.2 Å². The average molecular weight is 691 g/mol. The number of rotatable bonds is 8. The van der Waals surface area contributed by atoms with Crippen molar-refractivity contribution in [3.63, 3.8) is 0 Å². The van der Waals surface area contributed by atoms with Crippen molar-refractivity contribution >= 4 is 21.7 Å². The smallest absolute Gasteiger partial charge is 0.243 e. The Kier molecular flexibility index (Phi) is 13.2. The number of Topliss-reactive ketones (excluding diaryl/α,β-unsaturated/α-hetero) is 1. The summed E-state index contributed by atoms with van der Waals surface area (Å²) in [6.07, 6.45) is 12.6. The fourth-order valence-corrected chi connectivity index (χ4v) is 9.45. The van der Waals surface area contributed by atoms with Crippen molar-refractivity contribution in [3.8, 4) is 23.3 Å². The Balaban J connectivity index is 1.26. The van der Waals surface area contributed by atoms with Gasteiger partial charge < -0.3 is 14.4 Å². The number of hydrogen-bond donors (Lipinski definition) is 0. The summed E-state index contributed by atoms with van der Waals surface area (Å²) in [5.74, 6) is 7.13. The largest absolute Gasteiger partial charge is 0.497 e.